The van der Waals surface area contributed by atoms with Crippen molar-refractivity contribution in [2.75, 3.05) is 6.61 Å². The Kier molecular flexibility index (Phi) is 3.60. The van der Waals surface area contributed by atoms with Crippen LogP contribution in [0.1, 0.15) is 37.7 Å². The molecule has 0 aromatic heterocycles. The van der Waals surface area contributed by atoms with E-state index in [2.05, 4.69) is 12.1 Å². The summed E-state index contributed by atoms with van der Waals surface area (Å²) in [6.07, 6.45) is 3.03. The van der Waals surface area contributed by atoms with Gasteiger partial charge in [0, 0.05) is 0 Å². The van der Waals surface area contributed by atoms with Crippen LogP contribution in [0.25, 0.3) is 0 Å². The molecule has 86 valence electrons. The van der Waals surface area contributed by atoms with Crippen molar-refractivity contribution in [1.29, 1.82) is 0 Å². The first-order valence-electron chi connectivity index (χ1n) is 6.02. The summed E-state index contributed by atoms with van der Waals surface area (Å²) in [5.74, 6) is 0.982. The van der Waals surface area contributed by atoms with Crippen molar-refractivity contribution < 1.29 is 9.53 Å². The number of rotatable bonds is 5. The number of hydrogen-bond donors (Lipinski definition) is 0. The second kappa shape index (κ2) is 5.15. The monoisotopic (exact) mass is 218 g/mol. The average molecular weight is 218 g/mol. The van der Waals surface area contributed by atoms with Crippen molar-refractivity contribution >= 4 is 5.97 Å². The maximum absolute atomic E-state index is 11.5. The molecule has 0 spiro atoms. The molecule has 1 saturated carbocycles. The van der Waals surface area contributed by atoms with E-state index in [1.807, 2.05) is 25.1 Å². The zero-order valence-electron chi connectivity index (χ0n) is 9.69. The minimum absolute atomic E-state index is 0.0664. The van der Waals surface area contributed by atoms with Gasteiger partial charge in [-0.15, -0.1) is 0 Å². The summed E-state index contributed by atoms with van der Waals surface area (Å²) in [6, 6.07) is 10.3. The lowest BCUT2D eigenvalue weighted by Gasteiger charge is -2.15. The van der Waals surface area contributed by atoms with E-state index in [1.165, 1.54) is 18.4 Å². The standard InChI is InChI=1S/C14H18O2/c1-2-16-14(15)10-13(12-8-9-12)11-6-4-3-5-7-11/h3-7,12-13H,2,8-10H2,1H3. The summed E-state index contributed by atoms with van der Waals surface area (Å²) in [4.78, 5) is 11.5. The number of esters is 1. The van der Waals surface area contributed by atoms with Crippen LogP contribution in [0.2, 0.25) is 0 Å². The van der Waals surface area contributed by atoms with Crippen molar-refractivity contribution in [1.82, 2.24) is 0 Å². The molecule has 1 atom stereocenters. The highest BCUT2D eigenvalue weighted by atomic mass is 16.5. The molecule has 2 rings (SSSR count). The van der Waals surface area contributed by atoms with Crippen LogP contribution in [-0.2, 0) is 9.53 Å². The Labute approximate surface area is 96.6 Å². The second-order valence-electron chi connectivity index (χ2n) is 4.36. The summed E-state index contributed by atoms with van der Waals surface area (Å²) in [5.41, 5.74) is 1.28. The van der Waals surface area contributed by atoms with Crippen LogP contribution < -0.4 is 0 Å². The molecule has 1 aliphatic carbocycles. The maximum atomic E-state index is 11.5. The number of ether oxygens (including phenoxy) is 1. The van der Waals surface area contributed by atoms with Gasteiger partial charge < -0.3 is 4.74 Å². The van der Waals surface area contributed by atoms with E-state index >= 15 is 0 Å². The van der Waals surface area contributed by atoms with Gasteiger partial charge in [0.2, 0.25) is 0 Å². The normalized spacial score (nSPS) is 16.8. The van der Waals surface area contributed by atoms with Gasteiger partial charge in [-0.1, -0.05) is 30.3 Å². The maximum Gasteiger partial charge on any atom is 0.306 e. The van der Waals surface area contributed by atoms with E-state index in [4.69, 9.17) is 4.74 Å². The van der Waals surface area contributed by atoms with Gasteiger partial charge in [-0.2, -0.15) is 0 Å². The fourth-order valence-corrected chi connectivity index (χ4v) is 2.15. The molecule has 0 radical (unpaired) electrons. The molecular weight excluding hydrogens is 200 g/mol. The van der Waals surface area contributed by atoms with Crippen molar-refractivity contribution in [3.8, 4) is 0 Å². The molecule has 0 aliphatic heterocycles. The van der Waals surface area contributed by atoms with E-state index in [9.17, 15) is 4.79 Å². The molecule has 0 N–H and O–H groups in total. The van der Waals surface area contributed by atoms with Gasteiger partial charge in [0.15, 0.2) is 0 Å². The van der Waals surface area contributed by atoms with Gasteiger partial charge in [0.05, 0.1) is 13.0 Å². The Morgan fingerprint density at radius 1 is 1.38 bits per heavy atom. The first-order valence-corrected chi connectivity index (χ1v) is 6.02. The number of carbonyl (C=O) groups is 1. The summed E-state index contributed by atoms with van der Waals surface area (Å²) >= 11 is 0. The molecule has 1 aliphatic rings. The topological polar surface area (TPSA) is 26.3 Å². The van der Waals surface area contributed by atoms with Crippen LogP contribution in [0.3, 0.4) is 0 Å². The highest BCUT2D eigenvalue weighted by Crippen LogP contribution is 2.44. The highest BCUT2D eigenvalue weighted by Gasteiger charge is 2.33. The Balaban J connectivity index is 2.03. The van der Waals surface area contributed by atoms with Crippen molar-refractivity contribution in [3.63, 3.8) is 0 Å². The average Bonchev–Trinajstić information content (AvgIpc) is 3.11. The minimum Gasteiger partial charge on any atom is -0.466 e. The van der Waals surface area contributed by atoms with Gasteiger partial charge in [0.1, 0.15) is 0 Å². The lowest BCUT2D eigenvalue weighted by atomic mass is 9.91. The predicted octanol–water partition coefficient (Wildman–Crippen LogP) is 3.13. The van der Waals surface area contributed by atoms with Crippen LogP contribution in [0.5, 0.6) is 0 Å². The van der Waals surface area contributed by atoms with Crippen LogP contribution in [0, 0.1) is 5.92 Å². The Hall–Kier alpha value is -1.31. The first kappa shape index (κ1) is 11.2. The molecule has 1 aromatic rings. The van der Waals surface area contributed by atoms with Crippen LogP contribution >= 0.6 is 0 Å². The van der Waals surface area contributed by atoms with Crippen molar-refractivity contribution in [3.05, 3.63) is 35.9 Å². The van der Waals surface area contributed by atoms with Crippen LogP contribution in [0.15, 0.2) is 30.3 Å². The Morgan fingerprint density at radius 3 is 2.62 bits per heavy atom. The first-order chi connectivity index (χ1) is 7.81. The number of carbonyl (C=O) groups excluding carboxylic acids is 1. The summed E-state index contributed by atoms with van der Waals surface area (Å²) in [5, 5.41) is 0. The summed E-state index contributed by atoms with van der Waals surface area (Å²) < 4.78 is 5.03. The zero-order chi connectivity index (χ0) is 11.4. The third kappa shape index (κ3) is 2.84. The molecule has 1 aromatic carbocycles. The number of benzene rings is 1. The van der Waals surface area contributed by atoms with Crippen LogP contribution in [-0.4, -0.2) is 12.6 Å². The minimum atomic E-state index is -0.0664. The van der Waals surface area contributed by atoms with Gasteiger partial charge >= 0.3 is 5.97 Å². The van der Waals surface area contributed by atoms with E-state index in [1.54, 1.807) is 0 Å². The highest BCUT2D eigenvalue weighted by molar-refractivity contribution is 5.70. The SMILES string of the molecule is CCOC(=O)CC(c1ccccc1)C1CC1. The van der Waals surface area contributed by atoms with Crippen LogP contribution in [0.4, 0.5) is 0 Å². The molecule has 1 fully saturated rings. The third-order valence-electron chi connectivity index (χ3n) is 3.11. The van der Waals surface area contributed by atoms with Gasteiger partial charge in [-0.25, -0.2) is 0 Å². The van der Waals surface area contributed by atoms with E-state index < -0.39 is 0 Å². The molecular formula is C14H18O2. The predicted molar refractivity (Wildman–Crippen MR) is 63.2 cm³/mol. The molecule has 0 heterocycles. The molecule has 0 bridgehead atoms. The summed E-state index contributed by atoms with van der Waals surface area (Å²) in [7, 11) is 0. The summed E-state index contributed by atoms with van der Waals surface area (Å²) in [6.45, 7) is 2.33. The third-order valence-corrected chi connectivity index (χ3v) is 3.11. The molecule has 0 saturated heterocycles. The molecule has 2 heteroatoms. The van der Waals surface area contributed by atoms with E-state index in [-0.39, 0.29) is 5.97 Å². The van der Waals surface area contributed by atoms with E-state index in [0.717, 1.165) is 0 Å². The molecule has 1 unspecified atom stereocenters. The van der Waals surface area contributed by atoms with Gasteiger partial charge in [0.25, 0.3) is 0 Å². The Bertz CT molecular complexity index is 341. The van der Waals surface area contributed by atoms with Crippen molar-refractivity contribution in [2.24, 2.45) is 5.92 Å². The second-order valence-corrected chi connectivity index (χ2v) is 4.36. The van der Waals surface area contributed by atoms with Crippen molar-refractivity contribution in [2.45, 2.75) is 32.1 Å². The van der Waals surface area contributed by atoms with Gasteiger partial charge in [-0.3, -0.25) is 4.79 Å². The smallest absolute Gasteiger partial charge is 0.306 e. The van der Waals surface area contributed by atoms with E-state index in [0.29, 0.717) is 24.9 Å². The molecule has 0 amide bonds. The molecule has 16 heavy (non-hydrogen) atoms. The number of hydrogen-bond acceptors (Lipinski definition) is 2. The Morgan fingerprint density at radius 2 is 2.06 bits per heavy atom. The fraction of sp³-hybridized carbons (Fsp3) is 0.500. The molecule has 2 nitrogen and oxygen atoms in total. The zero-order valence-corrected chi connectivity index (χ0v) is 9.69. The quantitative estimate of drug-likeness (QED) is 0.710. The lowest BCUT2D eigenvalue weighted by molar-refractivity contribution is -0.143. The fourth-order valence-electron chi connectivity index (χ4n) is 2.15. The largest absolute Gasteiger partial charge is 0.466 e. The van der Waals surface area contributed by atoms with Gasteiger partial charge in [-0.05, 0) is 37.2 Å². The lowest BCUT2D eigenvalue weighted by Crippen LogP contribution is -2.11.